The molecule has 0 bridgehead atoms. The Balaban J connectivity index is 4.03. The van der Waals surface area contributed by atoms with Gasteiger partial charge in [0.15, 0.2) is 0 Å². The van der Waals surface area contributed by atoms with E-state index in [-0.39, 0.29) is 12.1 Å². The Kier molecular flexibility index (Phi) is 38.3. The van der Waals surface area contributed by atoms with Crippen LogP contribution in [0.15, 0.2) is 0 Å². The molecule has 4 nitrogen and oxygen atoms in total. The number of nitrogens with zero attached hydrogens (tertiary/aromatic N) is 1. The molecular weight excluding hydrogens is 566 g/mol. The number of ether oxygens (including phenoxy) is 2. The van der Waals surface area contributed by atoms with Crippen LogP contribution in [-0.4, -0.2) is 50.3 Å². The topological polar surface area (TPSA) is 38.8 Å². The molecule has 0 radical (unpaired) electrons. The third-order valence-corrected chi connectivity index (χ3v) is 9.85. The largest absolute Gasteiger partial charge is 0.462 e. The van der Waals surface area contributed by atoms with Gasteiger partial charge in [-0.3, -0.25) is 4.79 Å². The minimum absolute atomic E-state index is 0.0510. The van der Waals surface area contributed by atoms with Crippen LogP contribution in [0.3, 0.4) is 0 Å². The monoisotopic (exact) mass is 652 g/mol. The van der Waals surface area contributed by atoms with Gasteiger partial charge in [0, 0.05) is 20.1 Å². The van der Waals surface area contributed by atoms with E-state index in [4.69, 9.17) is 9.47 Å². The maximum atomic E-state index is 12.7. The number of methoxy groups -OCH3 is 1. The number of hydrogen-bond acceptors (Lipinski definition) is 4. The summed E-state index contributed by atoms with van der Waals surface area (Å²) >= 11 is 0. The van der Waals surface area contributed by atoms with Gasteiger partial charge in [0.05, 0.1) is 6.61 Å². The molecule has 0 unspecified atom stereocenters. The van der Waals surface area contributed by atoms with Crippen molar-refractivity contribution in [2.75, 3.05) is 33.4 Å². The van der Waals surface area contributed by atoms with E-state index in [0.717, 1.165) is 38.8 Å². The Morgan fingerprint density at radius 2 is 0.804 bits per heavy atom. The molecule has 0 saturated carbocycles. The predicted octanol–water partition coefficient (Wildman–Crippen LogP) is 13.4. The fourth-order valence-corrected chi connectivity index (χ4v) is 6.68. The lowest BCUT2D eigenvalue weighted by Gasteiger charge is -2.22. The minimum atomic E-state index is 0.0510. The Hall–Kier alpha value is -0.610. The normalized spacial score (nSPS) is 11.7. The lowest BCUT2D eigenvalue weighted by atomic mass is 10.0. The van der Waals surface area contributed by atoms with Crippen molar-refractivity contribution >= 4 is 5.97 Å². The first kappa shape index (κ1) is 45.4. The third kappa shape index (κ3) is 34.7. The standard InChI is InChI=1S/C42H85NO3/c1-5-8-11-14-17-18-19-20-21-22-27-32-37-43(39-40-45-4)38-33-28-23-26-31-36-42(44)46-41(34-29-24-15-12-9-6-2)35-30-25-16-13-10-7-3/h41H,5-40H2,1-4H3. The van der Waals surface area contributed by atoms with E-state index >= 15 is 0 Å². The van der Waals surface area contributed by atoms with E-state index in [2.05, 4.69) is 25.7 Å². The highest BCUT2D eigenvalue weighted by molar-refractivity contribution is 5.69. The van der Waals surface area contributed by atoms with Crippen molar-refractivity contribution < 1.29 is 14.3 Å². The molecule has 0 aromatic heterocycles. The number of carbonyl (C=O) groups excluding carboxylic acids is 1. The highest BCUT2D eigenvalue weighted by atomic mass is 16.5. The summed E-state index contributed by atoms with van der Waals surface area (Å²) in [6.07, 6.45) is 41.3. The molecule has 0 saturated heterocycles. The summed E-state index contributed by atoms with van der Waals surface area (Å²) in [6, 6.07) is 0. The van der Waals surface area contributed by atoms with E-state index in [1.165, 1.54) is 186 Å². The fraction of sp³-hybridized carbons (Fsp3) is 0.976. The van der Waals surface area contributed by atoms with Crippen LogP contribution < -0.4 is 0 Å². The van der Waals surface area contributed by atoms with Crippen LogP contribution in [-0.2, 0) is 14.3 Å². The van der Waals surface area contributed by atoms with Crippen LogP contribution in [0.25, 0.3) is 0 Å². The Labute approximate surface area is 290 Å². The van der Waals surface area contributed by atoms with Crippen LogP contribution in [0.1, 0.15) is 226 Å². The van der Waals surface area contributed by atoms with Gasteiger partial charge in [-0.1, -0.05) is 175 Å². The third-order valence-electron chi connectivity index (χ3n) is 9.85. The van der Waals surface area contributed by atoms with Gasteiger partial charge in [0.1, 0.15) is 6.10 Å². The number of unbranched alkanes of at least 4 members (excludes halogenated alkanes) is 25. The number of hydrogen-bond donors (Lipinski definition) is 0. The van der Waals surface area contributed by atoms with Gasteiger partial charge in [-0.2, -0.15) is 0 Å². The molecule has 0 aliphatic rings. The summed E-state index contributed by atoms with van der Waals surface area (Å²) in [5, 5.41) is 0. The Morgan fingerprint density at radius 1 is 0.457 bits per heavy atom. The van der Waals surface area contributed by atoms with Crippen LogP contribution in [0, 0.1) is 0 Å². The molecule has 0 atom stereocenters. The zero-order valence-electron chi connectivity index (χ0n) is 32.2. The smallest absolute Gasteiger partial charge is 0.306 e. The van der Waals surface area contributed by atoms with Gasteiger partial charge in [-0.15, -0.1) is 0 Å². The van der Waals surface area contributed by atoms with Crippen molar-refractivity contribution in [2.24, 2.45) is 0 Å². The first-order valence-electron chi connectivity index (χ1n) is 21.1. The average Bonchev–Trinajstić information content (AvgIpc) is 3.06. The lowest BCUT2D eigenvalue weighted by Crippen LogP contribution is -2.29. The van der Waals surface area contributed by atoms with Gasteiger partial charge >= 0.3 is 5.97 Å². The maximum Gasteiger partial charge on any atom is 0.306 e. The molecule has 0 aromatic rings. The van der Waals surface area contributed by atoms with Gasteiger partial charge < -0.3 is 14.4 Å². The summed E-state index contributed by atoms with van der Waals surface area (Å²) in [6.45, 7) is 11.1. The highest BCUT2D eigenvalue weighted by Gasteiger charge is 2.14. The van der Waals surface area contributed by atoms with E-state index in [9.17, 15) is 4.79 Å². The van der Waals surface area contributed by atoms with E-state index in [0.29, 0.717) is 6.42 Å². The zero-order valence-corrected chi connectivity index (χ0v) is 32.2. The molecule has 4 heteroatoms. The van der Waals surface area contributed by atoms with E-state index < -0.39 is 0 Å². The SMILES string of the molecule is CCCCCCCCCCCCCCN(CCCCCCCC(=O)OC(CCCCCCCC)CCCCCCCC)CCOC. The second-order valence-electron chi connectivity index (χ2n) is 14.5. The number of carbonyl (C=O) groups is 1. The van der Waals surface area contributed by atoms with Crippen molar-refractivity contribution in [1.29, 1.82) is 0 Å². The van der Waals surface area contributed by atoms with Gasteiger partial charge in [-0.05, 0) is 58.0 Å². The van der Waals surface area contributed by atoms with Crippen molar-refractivity contribution in [3.8, 4) is 0 Å². The van der Waals surface area contributed by atoms with Crippen molar-refractivity contribution in [2.45, 2.75) is 232 Å². The number of rotatable bonds is 39. The minimum Gasteiger partial charge on any atom is -0.462 e. The summed E-state index contributed by atoms with van der Waals surface area (Å²) in [5.74, 6) is 0.0510. The Bertz CT molecular complexity index is 567. The highest BCUT2D eigenvalue weighted by Crippen LogP contribution is 2.18. The molecule has 0 aliphatic heterocycles. The van der Waals surface area contributed by atoms with Gasteiger partial charge in [0.25, 0.3) is 0 Å². The second-order valence-corrected chi connectivity index (χ2v) is 14.5. The molecule has 0 amide bonds. The molecule has 0 N–H and O–H groups in total. The molecule has 0 aromatic carbocycles. The summed E-state index contributed by atoms with van der Waals surface area (Å²) in [4.78, 5) is 15.3. The summed E-state index contributed by atoms with van der Waals surface area (Å²) < 4.78 is 11.4. The molecule has 46 heavy (non-hydrogen) atoms. The molecule has 276 valence electrons. The van der Waals surface area contributed by atoms with Crippen molar-refractivity contribution in [3.63, 3.8) is 0 Å². The lowest BCUT2D eigenvalue weighted by molar-refractivity contribution is -0.150. The quantitative estimate of drug-likeness (QED) is 0.0490. The second kappa shape index (κ2) is 38.8. The number of esters is 1. The average molecular weight is 652 g/mol. The first-order chi connectivity index (χ1) is 22.7. The zero-order chi connectivity index (χ0) is 33.6. The summed E-state index contributed by atoms with van der Waals surface area (Å²) in [5.41, 5.74) is 0. The molecule has 0 spiro atoms. The van der Waals surface area contributed by atoms with Crippen LogP contribution >= 0.6 is 0 Å². The molecule has 0 rings (SSSR count). The molecule has 0 heterocycles. The van der Waals surface area contributed by atoms with E-state index in [1.807, 2.05) is 7.11 Å². The molecule has 0 aliphatic carbocycles. The maximum absolute atomic E-state index is 12.7. The first-order valence-corrected chi connectivity index (χ1v) is 21.1. The van der Waals surface area contributed by atoms with Crippen molar-refractivity contribution in [3.05, 3.63) is 0 Å². The summed E-state index contributed by atoms with van der Waals surface area (Å²) in [7, 11) is 1.82. The van der Waals surface area contributed by atoms with Gasteiger partial charge in [-0.25, -0.2) is 0 Å². The van der Waals surface area contributed by atoms with E-state index in [1.54, 1.807) is 0 Å². The predicted molar refractivity (Wildman–Crippen MR) is 203 cm³/mol. The van der Waals surface area contributed by atoms with Crippen LogP contribution in [0.5, 0.6) is 0 Å². The van der Waals surface area contributed by atoms with Crippen LogP contribution in [0.4, 0.5) is 0 Å². The van der Waals surface area contributed by atoms with Crippen LogP contribution in [0.2, 0.25) is 0 Å². The molecular formula is C42H85NO3. The Morgan fingerprint density at radius 3 is 1.20 bits per heavy atom. The van der Waals surface area contributed by atoms with Gasteiger partial charge in [0.2, 0.25) is 0 Å². The molecule has 0 fully saturated rings. The fourth-order valence-electron chi connectivity index (χ4n) is 6.68. The van der Waals surface area contributed by atoms with Crippen molar-refractivity contribution in [1.82, 2.24) is 4.90 Å².